The van der Waals surface area contributed by atoms with Crippen molar-refractivity contribution >= 4 is 17.8 Å². The molecule has 100 heavy (non-hydrogen) atoms. The maximum absolute atomic E-state index is 13.5. The second-order valence-electron chi connectivity index (χ2n) is 29.3. The second kappa shape index (κ2) is 56.8. The monoisotopic (exact) mass is 1430 g/mol. The molecule has 23 heteroatoms. The SMILES string of the molecule is CCCCCCCCCCCCCCCCCCCC/C=C/C(O)C(COC1OC(CO)C(OC2OC(CO)C(O)C(OC3(C(=O)O)CC(O)C(NC(C)=O)C(C(O)C(O)CO)O3)C2O)C(O)C1O)NC(=O)CCCCCCCCCCCCCCCCCCCCCCCCCCCC. The van der Waals surface area contributed by atoms with Gasteiger partial charge >= 0.3 is 5.97 Å². The van der Waals surface area contributed by atoms with Crippen LogP contribution in [0.15, 0.2) is 12.2 Å². The zero-order valence-electron chi connectivity index (χ0n) is 62.1. The summed E-state index contributed by atoms with van der Waals surface area (Å²) < 4.78 is 34.9. The van der Waals surface area contributed by atoms with Gasteiger partial charge in [0.25, 0.3) is 5.79 Å². The van der Waals surface area contributed by atoms with Crippen LogP contribution < -0.4 is 10.6 Å². The Morgan fingerprint density at radius 1 is 0.520 bits per heavy atom. The van der Waals surface area contributed by atoms with E-state index in [2.05, 4.69) is 24.5 Å². The number of ether oxygens (including phenoxy) is 6. The topological polar surface area (TPSA) is 373 Å². The molecule has 3 rings (SSSR count). The number of carbonyl (C=O) groups is 3. The van der Waals surface area contributed by atoms with E-state index in [9.17, 15) is 75.7 Å². The highest BCUT2D eigenvalue weighted by Crippen LogP contribution is 2.39. The van der Waals surface area contributed by atoms with Gasteiger partial charge in [0.05, 0.1) is 50.7 Å². The Balaban J connectivity index is 1.52. The lowest BCUT2D eigenvalue weighted by molar-refractivity contribution is -0.386. The number of hydrogen-bond acceptors (Lipinski definition) is 20. The summed E-state index contributed by atoms with van der Waals surface area (Å²) >= 11 is 0. The number of nitrogens with one attached hydrogen (secondary N) is 2. The third-order valence-electron chi connectivity index (χ3n) is 20.5. The summed E-state index contributed by atoms with van der Waals surface area (Å²) in [6, 6.07) is -2.62. The molecule has 0 aliphatic carbocycles. The van der Waals surface area contributed by atoms with E-state index in [0.29, 0.717) is 12.8 Å². The minimum absolute atomic E-state index is 0.206. The molecule has 14 N–H and O–H groups in total. The number of aliphatic hydroxyl groups is 11. The highest BCUT2D eigenvalue weighted by atomic mass is 16.8. The molecular formula is C77H144N2O21. The van der Waals surface area contributed by atoms with Crippen LogP contribution in [0.4, 0.5) is 0 Å². The number of hydrogen-bond donors (Lipinski definition) is 14. The molecule has 0 aromatic carbocycles. The predicted octanol–water partition coefficient (Wildman–Crippen LogP) is 10.2. The molecule has 3 fully saturated rings. The lowest BCUT2D eigenvalue weighted by Crippen LogP contribution is -2.70. The van der Waals surface area contributed by atoms with Crippen molar-refractivity contribution in [1.82, 2.24) is 10.6 Å². The highest BCUT2D eigenvalue weighted by Gasteiger charge is 2.60. The summed E-state index contributed by atoms with van der Waals surface area (Å²) in [5, 5.41) is 136. The average Bonchev–Trinajstić information content (AvgIpc) is 0.756. The molecule has 0 bridgehead atoms. The van der Waals surface area contributed by atoms with Gasteiger partial charge in [-0.25, -0.2) is 4.79 Å². The van der Waals surface area contributed by atoms with Crippen LogP contribution in [0.2, 0.25) is 0 Å². The molecule has 2 amide bonds. The van der Waals surface area contributed by atoms with E-state index < -0.39 is 155 Å². The Morgan fingerprint density at radius 2 is 0.930 bits per heavy atom. The van der Waals surface area contributed by atoms with Crippen LogP contribution in [0, 0.1) is 0 Å². The fourth-order valence-electron chi connectivity index (χ4n) is 14.1. The number of aliphatic carboxylic acids is 1. The molecule has 3 heterocycles. The molecule has 3 aliphatic heterocycles. The van der Waals surface area contributed by atoms with Crippen LogP contribution in [-0.4, -0.2) is 215 Å². The van der Waals surface area contributed by atoms with Crippen molar-refractivity contribution in [2.75, 3.05) is 26.4 Å². The van der Waals surface area contributed by atoms with Crippen LogP contribution >= 0.6 is 0 Å². The van der Waals surface area contributed by atoms with Crippen molar-refractivity contribution in [2.45, 2.75) is 432 Å². The zero-order valence-corrected chi connectivity index (χ0v) is 62.1. The molecule has 3 saturated heterocycles. The number of carbonyl (C=O) groups excluding carboxylic acids is 2. The quantitative estimate of drug-likeness (QED) is 0.0199. The lowest BCUT2D eigenvalue weighted by Gasteiger charge is -2.50. The van der Waals surface area contributed by atoms with Crippen molar-refractivity contribution in [3.05, 3.63) is 12.2 Å². The molecule has 23 nitrogen and oxygen atoms in total. The van der Waals surface area contributed by atoms with Crippen LogP contribution in [0.3, 0.4) is 0 Å². The number of amides is 2. The standard InChI is InChI=1S/C77H144N2O21/c1-4-6-8-10-12-14-16-18-20-22-24-26-27-28-29-30-31-33-35-37-39-41-43-45-47-49-51-64(87)79-58(59(84)50-48-46-44-42-40-38-36-34-32-25-23-21-19-17-15-13-11-9-7-5-2)56-95-74-69(91)68(90)71(63(55-82)97-74)98-75-70(92)73(67(89)62(54-81)96-75)100-77(76(93)94)52-60(85)65(78-57(3)83)72(99-77)66(88)61(86)53-80/h48,50,58-63,65-75,80-82,84-86,88-92H,4-47,49,51-56H2,1-3H3,(H,78,83)(H,79,87)(H,93,94)/b50-48+. The third kappa shape index (κ3) is 37.1. The first kappa shape index (κ1) is 91.7. The number of rotatable bonds is 63. The molecular weight excluding hydrogens is 1290 g/mol. The second-order valence-corrected chi connectivity index (χ2v) is 29.3. The lowest BCUT2D eigenvalue weighted by atomic mass is 9.88. The first-order valence-corrected chi connectivity index (χ1v) is 40.1. The maximum atomic E-state index is 13.5. The van der Waals surface area contributed by atoms with Crippen LogP contribution in [0.1, 0.15) is 323 Å². The van der Waals surface area contributed by atoms with Gasteiger partial charge in [0.1, 0.15) is 67.1 Å². The number of unbranched alkanes of at least 4 members (excludes halogenated alkanes) is 43. The Hall–Kier alpha value is -2.53. The van der Waals surface area contributed by atoms with Crippen molar-refractivity contribution in [1.29, 1.82) is 0 Å². The van der Waals surface area contributed by atoms with Gasteiger partial charge in [-0.2, -0.15) is 0 Å². The molecule has 0 aromatic heterocycles. The summed E-state index contributed by atoms with van der Waals surface area (Å²) in [6.45, 7) is 2.19. The Kier molecular flexibility index (Phi) is 52.0. The van der Waals surface area contributed by atoms with E-state index in [0.717, 1.165) is 51.9 Å². The largest absolute Gasteiger partial charge is 0.477 e. The first-order chi connectivity index (χ1) is 48.4. The summed E-state index contributed by atoms with van der Waals surface area (Å²) in [6.07, 6.45) is 31.0. The third-order valence-corrected chi connectivity index (χ3v) is 20.5. The zero-order chi connectivity index (χ0) is 73.2. The van der Waals surface area contributed by atoms with Crippen molar-refractivity contribution in [2.24, 2.45) is 0 Å². The first-order valence-electron chi connectivity index (χ1n) is 40.1. The molecule has 18 atom stereocenters. The van der Waals surface area contributed by atoms with Gasteiger partial charge in [0.2, 0.25) is 11.8 Å². The molecule has 588 valence electrons. The minimum atomic E-state index is -3.08. The van der Waals surface area contributed by atoms with E-state index >= 15 is 0 Å². The van der Waals surface area contributed by atoms with Crippen molar-refractivity contribution in [3.8, 4) is 0 Å². The smallest absolute Gasteiger partial charge is 0.364 e. The van der Waals surface area contributed by atoms with E-state index in [1.165, 1.54) is 231 Å². The highest BCUT2D eigenvalue weighted by molar-refractivity contribution is 5.77. The van der Waals surface area contributed by atoms with Gasteiger partial charge in [-0.05, 0) is 19.3 Å². The summed E-state index contributed by atoms with van der Waals surface area (Å²) in [5.74, 6) is -6.13. The molecule has 0 saturated carbocycles. The van der Waals surface area contributed by atoms with Gasteiger partial charge < -0.3 is 100 Å². The van der Waals surface area contributed by atoms with Gasteiger partial charge in [0.15, 0.2) is 12.6 Å². The number of allylic oxidation sites excluding steroid dienone is 1. The van der Waals surface area contributed by atoms with Crippen molar-refractivity contribution in [3.63, 3.8) is 0 Å². The fourth-order valence-corrected chi connectivity index (χ4v) is 14.1. The van der Waals surface area contributed by atoms with E-state index in [1.54, 1.807) is 6.08 Å². The van der Waals surface area contributed by atoms with Gasteiger partial charge in [-0.3, -0.25) is 9.59 Å². The van der Waals surface area contributed by atoms with Crippen LogP contribution in [0.5, 0.6) is 0 Å². The Labute approximate surface area is 601 Å². The predicted molar refractivity (Wildman–Crippen MR) is 385 cm³/mol. The van der Waals surface area contributed by atoms with E-state index in [1.807, 2.05) is 6.08 Å². The number of carboxylic acid groups (broad SMARTS) is 1. The normalized spacial score (nSPS) is 27.0. The summed E-state index contributed by atoms with van der Waals surface area (Å²) in [7, 11) is 0. The van der Waals surface area contributed by atoms with Crippen molar-refractivity contribution < 1.29 is 104 Å². The minimum Gasteiger partial charge on any atom is -0.477 e. The molecule has 3 aliphatic rings. The molecule has 0 radical (unpaired) electrons. The van der Waals surface area contributed by atoms with Crippen LogP contribution in [0.25, 0.3) is 0 Å². The molecule has 0 spiro atoms. The molecule has 0 aromatic rings. The van der Waals surface area contributed by atoms with Crippen LogP contribution in [-0.2, 0) is 42.8 Å². The summed E-state index contributed by atoms with van der Waals surface area (Å²) in [4.78, 5) is 38.7. The van der Waals surface area contributed by atoms with Gasteiger partial charge in [-0.1, -0.05) is 296 Å². The maximum Gasteiger partial charge on any atom is 0.364 e. The van der Waals surface area contributed by atoms with E-state index in [-0.39, 0.29) is 12.3 Å². The number of carboxylic acids is 1. The number of aliphatic hydroxyl groups excluding tert-OH is 11. The molecule has 18 unspecified atom stereocenters. The average molecular weight is 1430 g/mol. The Bertz CT molecular complexity index is 2050. The van der Waals surface area contributed by atoms with Gasteiger partial charge in [-0.15, -0.1) is 0 Å². The summed E-state index contributed by atoms with van der Waals surface area (Å²) in [5.41, 5.74) is 0. The van der Waals surface area contributed by atoms with E-state index in [4.69, 9.17) is 28.4 Å². The fraction of sp³-hybridized carbons (Fsp3) is 0.935. The Morgan fingerprint density at radius 3 is 1.33 bits per heavy atom. The van der Waals surface area contributed by atoms with Gasteiger partial charge in [0, 0.05) is 19.8 Å².